The van der Waals surface area contributed by atoms with Gasteiger partial charge in [0.1, 0.15) is 5.82 Å². The summed E-state index contributed by atoms with van der Waals surface area (Å²) in [7, 11) is -3.80. The Hall–Kier alpha value is -2.21. The maximum Gasteiger partial charge on any atom is 0.262 e. The number of halogens is 1. The summed E-state index contributed by atoms with van der Waals surface area (Å²) >= 11 is 0. The molecule has 3 rings (SSSR count). The van der Waals surface area contributed by atoms with Crippen molar-refractivity contribution in [1.29, 1.82) is 0 Å². The zero-order valence-corrected chi connectivity index (χ0v) is 13.4. The SMILES string of the molecule is Cc1cc(F)ccc1S(=O)(=O)Nc1ccc(C(=O)C2CC2)cc1. The highest BCUT2D eigenvalue weighted by molar-refractivity contribution is 7.92. The van der Waals surface area contributed by atoms with Crippen LogP contribution in [0.25, 0.3) is 0 Å². The molecule has 0 spiro atoms. The van der Waals surface area contributed by atoms with E-state index < -0.39 is 15.8 Å². The molecule has 0 amide bonds. The lowest BCUT2D eigenvalue weighted by Crippen LogP contribution is -2.14. The molecule has 0 saturated heterocycles. The van der Waals surface area contributed by atoms with Gasteiger partial charge in [0.2, 0.25) is 0 Å². The molecule has 2 aromatic rings. The van der Waals surface area contributed by atoms with Gasteiger partial charge < -0.3 is 0 Å². The first-order valence-electron chi connectivity index (χ1n) is 7.30. The lowest BCUT2D eigenvalue weighted by atomic mass is 10.1. The smallest absolute Gasteiger partial charge is 0.262 e. The van der Waals surface area contributed by atoms with Gasteiger partial charge in [0.15, 0.2) is 5.78 Å². The summed E-state index contributed by atoms with van der Waals surface area (Å²) in [4.78, 5) is 12.0. The van der Waals surface area contributed by atoms with E-state index in [0.717, 1.165) is 18.9 Å². The van der Waals surface area contributed by atoms with Gasteiger partial charge in [0.05, 0.1) is 4.90 Å². The van der Waals surface area contributed by atoms with E-state index >= 15 is 0 Å². The molecule has 0 heterocycles. The molecule has 1 aliphatic rings. The summed E-state index contributed by atoms with van der Waals surface area (Å²) in [5.41, 5.74) is 1.28. The monoisotopic (exact) mass is 333 g/mol. The van der Waals surface area contributed by atoms with Crippen LogP contribution in [0.15, 0.2) is 47.4 Å². The third-order valence-corrected chi connectivity index (χ3v) is 5.34. The zero-order valence-electron chi connectivity index (χ0n) is 12.5. The van der Waals surface area contributed by atoms with Crippen molar-refractivity contribution >= 4 is 21.5 Å². The second-order valence-corrected chi connectivity index (χ2v) is 7.38. The minimum atomic E-state index is -3.80. The molecule has 1 aliphatic carbocycles. The van der Waals surface area contributed by atoms with Crippen LogP contribution in [0.2, 0.25) is 0 Å². The minimum absolute atomic E-state index is 0.0250. The Morgan fingerprint density at radius 3 is 2.35 bits per heavy atom. The highest BCUT2D eigenvalue weighted by Crippen LogP contribution is 2.32. The van der Waals surface area contributed by atoms with Crippen LogP contribution in [0.5, 0.6) is 0 Å². The Bertz CT molecular complexity index is 856. The third-order valence-electron chi connectivity index (χ3n) is 3.80. The van der Waals surface area contributed by atoms with Crippen molar-refractivity contribution in [1.82, 2.24) is 0 Å². The van der Waals surface area contributed by atoms with E-state index in [2.05, 4.69) is 4.72 Å². The fourth-order valence-corrected chi connectivity index (χ4v) is 3.69. The molecule has 0 radical (unpaired) electrons. The molecule has 0 aromatic heterocycles. The predicted octanol–water partition coefficient (Wildman–Crippen LogP) is 3.53. The maximum atomic E-state index is 13.1. The zero-order chi connectivity index (χ0) is 16.6. The van der Waals surface area contributed by atoms with Crippen LogP contribution in [-0.4, -0.2) is 14.2 Å². The van der Waals surface area contributed by atoms with Gasteiger partial charge >= 0.3 is 0 Å². The fourth-order valence-electron chi connectivity index (χ4n) is 2.41. The standard InChI is InChI=1S/C17H16FNO3S/c1-11-10-14(18)6-9-16(11)23(21,22)19-15-7-4-13(5-8-15)17(20)12-2-3-12/h4-10,12,19H,2-3H2,1H3. The van der Waals surface area contributed by atoms with Crippen LogP contribution in [0.3, 0.4) is 0 Å². The Morgan fingerprint density at radius 1 is 1.13 bits per heavy atom. The van der Waals surface area contributed by atoms with Gasteiger partial charge in [-0.15, -0.1) is 0 Å². The molecule has 1 saturated carbocycles. The van der Waals surface area contributed by atoms with Crippen LogP contribution in [0.4, 0.5) is 10.1 Å². The molecule has 0 atom stereocenters. The normalized spacial score (nSPS) is 14.5. The average molecular weight is 333 g/mol. The number of aryl methyl sites for hydroxylation is 1. The lowest BCUT2D eigenvalue weighted by Gasteiger charge is -2.11. The number of ketones is 1. The highest BCUT2D eigenvalue weighted by atomic mass is 32.2. The molecule has 4 nitrogen and oxygen atoms in total. The first kappa shape index (κ1) is 15.7. The van der Waals surface area contributed by atoms with E-state index in [1.54, 1.807) is 24.3 Å². The number of nitrogens with one attached hydrogen (secondary N) is 1. The predicted molar refractivity (Wildman–Crippen MR) is 85.4 cm³/mol. The largest absolute Gasteiger partial charge is 0.294 e. The third kappa shape index (κ3) is 3.42. The molecular formula is C17H16FNO3S. The summed E-state index contributed by atoms with van der Waals surface area (Å²) in [5.74, 6) is -0.252. The maximum absolute atomic E-state index is 13.1. The topological polar surface area (TPSA) is 63.2 Å². The molecule has 0 unspecified atom stereocenters. The number of carbonyl (C=O) groups is 1. The van der Waals surface area contributed by atoms with Gasteiger partial charge in [-0.3, -0.25) is 9.52 Å². The first-order valence-corrected chi connectivity index (χ1v) is 8.78. The summed E-state index contributed by atoms with van der Waals surface area (Å²) < 4.78 is 40.3. The number of hydrogen-bond donors (Lipinski definition) is 1. The molecule has 2 aromatic carbocycles. The van der Waals surface area contributed by atoms with Crippen molar-refractivity contribution in [3.63, 3.8) is 0 Å². The van der Waals surface area contributed by atoms with Crippen LogP contribution in [-0.2, 0) is 10.0 Å². The van der Waals surface area contributed by atoms with E-state index in [4.69, 9.17) is 0 Å². The summed E-state index contributed by atoms with van der Waals surface area (Å²) in [6.07, 6.45) is 1.86. The second kappa shape index (κ2) is 5.77. The molecular weight excluding hydrogens is 317 g/mol. The van der Waals surface area contributed by atoms with E-state index in [1.807, 2.05) is 0 Å². The Morgan fingerprint density at radius 2 is 1.78 bits per heavy atom. The Kier molecular flexibility index (Phi) is 3.93. The molecule has 23 heavy (non-hydrogen) atoms. The van der Waals surface area contributed by atoms with Crippen molar-refractivity contribution in [3.05, 3.63) is 59.4 Å². The van der Waals surface area contributed by atoms with Crippen molar-refractivity contribution in [2.45, 2.75) is 24.7 Å². The number of sulfonamides is 1. The van der Waals surface area contributed by atoms with Gasteiger partial charge in [-0.2, -0.15) is 0 Å². The summed E-state index contributed by atoms with van der Waals surface area (Å²) in [6, 6.07) is 9.88. The van der Waals surface area contributed by atoms with Crippen molar-refractivity contribution in [2.75, 3.05) is 4.72 Å². The number of Topliss-reactive ketones (excluding diaryl/α,β-unsaturated/α-hetero) is 1. The molecule has 6 heteroatoms. The molecule has 120 valence electrons. The quantitative estimate of drug-likeness (QED) is 0.852. The molecule has 1 fully saturated rings. The number of anilines is 1. The number of benzene rings is 2. The fraction of sp³-hybridized carbons (Fsp3) is 0.235. The Labute approximate surface area is 134 Å². The first-order chi connectivity index (χ1) is 10.9. The van der Waals surface area contributed by atoms with E-state index in [0.29, 0.717) is 16.8 Å². The van der Waals surface area contributed by atoms with Crippen LogP contribution in [0.1, 0.15) is 28.8 Å². The molecule has 0 bridgehead atoms. The van der Waals surface area contributed by atoms with Gasteiger partial charge in [-0.1, -0.05) is 0 Å². The van der Waals surface area contributed by atoms with Crippen LogP contribution in [0, 0.1) is 18.7 Å². The van der Waals surface area contributed by atoms with Gasteiger partial charge in [-0.05, 0) is 67.8 Å². The van der Waals surface area contributed by atoms with Gasteiger partial charge in [0.25, 0.3) is 10.0 Å². The van der Waals surface area contributed by atoms with Crippen molar-refractivity contribution in [3.8, 4) is 0 Å². The van der Waals surface area contributed by atoms with Crippen molar-refractivity contribution in [2.24, 2.45) is 5.92 Å². The number of carbonyl (C=O) groups excluding carboxylic acids is 1. The summed E-state index contributed by atoms with van der Waals surface area (Å²) in [6.45, 7) is 1.54. The second-order valence-electron chi connectivity index (χ2n) is 5.73. The van der Waals surface area contributed by atoms with E-state index in [-0.39, 0.29) is 16.6 Å². The number of hydrogen-bond acceptors (Lipinski definition) is 3. The number of rotatable bonds is 5. The summed E-state index contributed by atoms with van der Waals surface area (Å²) in [5, 5.41) is 0. The van der Waals surface area contributed by atoms with Crippen LogP contribution >= 0.6 is 0 Å². The molecule has 0 aliphatic heterocycles. The lowest BCUT2D eigenvalue weighted by molar-refractivity contribution is 0.0967. The van der Waals surface area contributed by atoms with Gasteiger partial charge in [-0.25, -0.2) is 12.8 Å². The highest BCUT2D eigenvalue weighted by Gasteiger charge is 2.30. The average Bonchev–Trinajstić information content (AvgIpc) is 3.31. The van der Waals surface area contributed by atoms with Gasteiger partial charge in [0, 0.05) is 17.2 Å². The molecule has 1 N–H and O–H groups in total. The minimum Gasteiger partial charge on any atom is -0.294 e. The Balaban J connectivity index is 1.81. The van der Waals surface area contributed by atoms with E-state index in [9.17, 15) is 17.6 Å². The van der Waals surface area contributed by atoms with E-state index in [1.165, 1.54) is 19.1 Å². The van der Waals surface area contributed by atoms with Crippen molar-refractivity contribution < 1.29 is 17.6 Å². The van der Waals surface area contributed by atoms with Crippen LogP contribution < -0.4 is 4.72 Å².